The number of carbonyl (C=O) groups excluding carboxylic acids is 1. The van der Waals surface area contributed by atoms with Crippen LogP contribution >= 0.6 is 10.7 Å². The summed E-state index contributed by atoms with van der Waals surface area (Å²) >= 11 is 0. The van der Waals surface area contributed by atoms with Crippen LogP contribution in [0.3, 0.4) is 0 Å². The molecule has 2 rings (SSSR count). The van der Waals surface area contributed by atoms with E-state index in [1.54, 1.807) is 0 Å². The first kappa shape index (κ1) is 14.3. The second-order valence-electron chi connectivity index (χ2n) is 4.29. The van der Waals surface area contributed by atoms with Crippen molar-refractivity contribution in [3.05, 3.63) is 11.4 Å². The summed E-state index contributed by atoms with van der Waals surface area (Å²) in [7, 11) is 1.22. The van der Waals surface area contributed by atoms with Crippen molar-refractivity contribution < 1.29 is 22.7 Å². The van der Waals surface area contributed by atoms with Gasteiger partial charge in [-0.3, -0.25) is 5.10 Å². The van der Waals surface area contributed by atoms with Gasteiger partial charge in [0.1, 0.15) is 4.90 Å². The summed E-state index contributed by atoms with van der Waals surface area (Å²) in [4.78, 5) is 11.5. The van der Waals surface area contributed by atoms with Crippen LogP contribution in [0.25, 0.3) is 0 Å². The summed E-state index contributed by atoms with van der Waals surface area (Å²) in [5.41, 5.74) is -0.113. The van der Waals surface area contributed by atoms with E-state index in [0.29, 0.717) is 13.2 Å². The lowest BCUT2D eigenvalue weighted by atomic mass is 10.1. The van der Waals surface area contributed by atoms with E-state index in [9.17, 15) is 13.2 Å². The molecule has 1 aliphatic rings. The molecule has 7 nitrogen and oxygen atoms in total. The minimum absolute atomic E-state index is 0.139. The molecule has 1 aromatic heterocycles. The largest absolute Gasteiger partial charge is 0.460 e. The number of aryl methyl sites for hydroxylation is 1. The molecule has 2 heterocycles. The molecule has 0 aliphatic carbocycles. The molecule has 0 radical (unpaired) electrons. The van der Waals surface area contributed by atoms with E-state index in [4.69, 9.17) is 20.2 Å². The van der Waals surface area contributed by atoms with Gasteiger partial charge < -0.3 is 9.47 Å². The molecule has 1 unspecified atom stereocenters. The first-order chi connectivity index (χ1) is 8.89. The van der Waals surface area contributed by atoms with Crippen molar-refractivity contribution in [2.75, 3.05) is 19.8 Å². The van der Waals surface area contributed by atoms with Crippen LogP contribution in [0.15, 0.2) is 4.90 Å². The number of nitrogens with one attached hydrogen (secondary N) is 1. The Labute approximate surface area is 114 Å². The molecular weight excluding hydrogens is 296 g/mol. The summed E-state index contributed by atoms with van der Waals surface area (Å²) < 4.78 is 32.9. The van der Waals surface area contributed by atoms with E-state index in [0.717, 1.165) is 6.42 Å². The summed E-state index contributed by atoms with van der Waals surface area (Å²) in [5.74, 6) is -0.671. The van der Waals surface area contributed by atoms with Crippen molar-refractivity contribution in [1.29, 1.82) is 0 Å². The van der Waals surface area contributed by atoms with Crippen molar-refractivity contribution in [2.24, 2.45) is 5.92 Å². The highest BCUT2D eigenvalue weighted by Gasteiger charge is 2.28. The van der Waals surface area contributed by atoms with Gasteiger partial charge in [-0.15, -0.1) is 0 Å². The number of nitrogens with zero attached hydrogens (tertiary/aromatic N) is 1. The lowest BCUT2D eigenvalue weighted by Crippen LogP contribution is -2.16. The highest BCUT2D eigenvalue weighted by Crippen LogP contribution is 2.23. The fraction of sp³-hybridized carbons (Fsp3) is 0.600. The molecule has 1 aliphatic heterocycles. The molecule has 0 amide bonds. The Bertz CT molecular complexity index is 577. The predicted octanol–water partition coefficient (Wildman–Crippen LogP) is 0.839. The monoisotopic (exact) mass is 308 g/mol. The Morgan fingerprint density at radius 3 is 2.95 bits per heavy atom. The Hall–Kier alpha value is -1.12. The second-order valence-corrected chi connectivity index (χ2v) is 6.80. The second kappa shape index (κ2) is 5.48. The first-order valence-electron chi connectivity index (χ1n) is 5.64. The molecule has 1 N–H and O–H groups in total. The van der Waals surface area contributed by atoms with E-state index in [2.05, 4.69) is 10.2 Å². The number of esters is 1. The van der Waals surface area contributed by atoms with Crippen molar-refractivity contribution in [3.8, 4) is 0 Å². The Morgan fingerprint density at radius 2 is 2.37 bits per heavy atom. The molecule has 1 saturated heterocycles. The van der Waals surface area contributed by atoms with Crippen molar-refractivity contribution >= 4 is 25.7 Å². The number of carbonyl (C=O) groups is 1. The third kappa shape index (κ3) is 3.26. The molecule has 0 bridgehead atoms. The number of hydrogen-bond donors (Lipinski definition) is 1. The molecule has 106 valence electrons. The number of rotatable bonds is 4. The Morgan fingerprint density at radius 1 is 1.63 bits per heavy atom. The van der Waals surface area contributed by atoms with Crippen LogP contribution in [0.4, 0.5) is 0 Å². The van der Waals surface area contributed by atoms with E-state index >= 15 is 0 Å². The van der Waals surface area contributed by atoms with E-state index in [-0.39, 0.29) is 28.8 Å². The molecule has 9 heteroatoms. The normalized spacial score (nSPS) is 19.6. The van der Waals surface area contributed by atoms with Gasteiger partial charge in [0.25, 0.3) is 9.05 Å². The third-order valence-corrected chi connectivity index (χ3v) is 4.25. The molecule has 0 saturated carbocycles. The molecule has 0 spiro atoms. The Balaban J connectivity index is 2.11. The average molecular weight is 309 g/mol. The number of hydrogen-bond acceptors (Lipinski definition) is 6. The number of H-pyrrole nitrogens is 1. The van der Waals surface area contributed by atoms with Crippen molar-refractivity contribution in [3.63, 3.8) is 0 Å². The Kier molecular flexibility index (Phi) is 4.12. The average Bonchev–Trinajstić information content (AvgIpc) is 2.93. The minimum Gasteiger partial charge on any atom is -0.460 e. The predicted molar refractivity (Wildman–Crippen MR) is 65.6 cm³/mol. The van der Waals surface area contributed by atoms with E-state index in [1.807, 2.05) is 0 Å². The third-order valence-electron chi connectivity index (χ3n) is 2.80. The van der Waals surface area contributed by atoms with Crippen LogP contribution in [-0.4, -0.2) is 44.4 Å². The molecule has 1 atom stereocenters. The van der Waals surface area contributed by atoms with Gasteiger partial charge in [-0.2, -0.15) is 5.10 Å². The highest BCUT2D eigenvalue weighted by molar-refractivity contribution is 8.13. The fourth-order valence-corrected chi connectivity index (χ4v) is 3.17. The fourth-order valence-electron chi connectivity index (χ4n) is 1.83. The lowest BCUT2D eigenvalue weighted by Gasteiger charge is -2.08. The summed E-state index contributed by atoms with van der Waals surface area (Å²) in [5, 5.41) is 6.05. The van der Waals surface area contributed by atoms with E-state index in [1.165, 1.54) is 6.92 Å². The van der Waals surface area contributed by atoms with Crippen LogP contribution in [0, 0.1) is 12.8 Å². The maximum absolute atomic E-state index is 11.8. The standard InChI is InChI=1S/C10H13ClN2O5S/c1-6-9(19(11,15)16)8(13-12-6)10(14)18-5-7-2-3-17-4-7/h7H,2-5H2,1H3,(H,12,13). The van der Waals surface area contributed by atoms with Crippen LogP contribution in [0.5, 0.6) is 0 Å². The van der Waals surface area contributed by atoms with Crippen LogP contribution < -0.4 is 0 Å². The van der Waals surface area contributed by atoms with Gasteiger partial charge in [0.05, 0.1) is 18.9 Å². The van der Waals surface area contributed by atoms with Crippen LogP contribution in [-0.2, 0) is 18.5 Å². The zero-order valence-electron chi connectivity index (χ0n) is 10.2. The first-order valence-corrected chi connectivity index (χ1v) is 7.95. The van der Waals surface area contributed by atoms with Gasteiger partial charge in [0.15, 0.2) is 5.69 Å². The number of aromatic nitrogens is 2. The molecule has 1 aromatic rings. The summed E-state index contributed by atoms with van der Waals surface area (Å²) in [6, 6.07) is 0. The minimum atomic E-state index is -4.05. The summed E-state index contributed by atoms with van der Waals surface area (Å²) in [6.07, 6.45) is 0.813. The molecule has 0 aromatic carbocycles. The number of halogens is 1. The molecular formula is C10H13ClN2O5S. The lowest BCUT2D eigenvalue weighted by molar-refractivity contribution is 0.0417. The zero-order valence-corrected chi connectivity index (χ0v) is 11.8. The topological polar surface area (TPSA) is 98.3 Å². The van der Waals surface area contributed by atoms with E-state index < -0.39 is 15.0 Å². The quantitative estimate of drug-likeness (QED) is 0.653. The van der Waals surface area contributed by atoms with Gasteiger partial charge in [-0.25, -0.2) is 13.2 Å². The van der Waals surface area contributed by atoms with Gasteiger partial charge in [-0.1, -0.05) is 0 Å². The number of ether oxygens (including phenoxy) is 2. The molecule has 1 fully saturated rings. The maximum atomic E-state index is 11.8. The van der Waals surface area contributed by atoms with Crippen LogP contribution in [0.2, 0.25) is 0 Å². The summed E-state index contributed by atoms with van der Waals surface area (Å²) in [6.45, 7) is 2.81. The van der Waals surface area contributed by atoms with Gasteiger partial charge in [0, 0.05) is 23.2 Å². The SMILES string of the molecule is Cc1[nH]nc(C(=O)OCC2CCOC2)c1S(=O)(=O)Cl. The highest BCUT2D eigenvalue weighted by atomic mass is 35.7. The smallest absolute Gasteiger partial charge is 0.360 e. The van der Waals surface area contributed by atoms with Crippen molar-refractivity contribution in [2.45, 2.75) is 18.2 Å². The number of aromatic amines is 1. The van der Waals surface area contributed by atoms with Gasteiger partial charge >= 0.3 is 5.97 Å². The zero-order chi connectivity index (χ0) is 14.0. The van der Waals surface area contributed by atoms with Gasteiger partial charge in [-0.05, 0) is 13.3 Å². The van der Waals surface area contributed by atoms with Crippen LogP contribution in [0.1, 0.15) is 22.6 Å². The van der Waals surface area contributed by atoms with Crippen molar-refractivity contribution in [1.82, 2.24) is 10.2 Å². The maximum Gasteiger partial charge on any atom is 0.360 e. The molecule has 19 heavy (non-hydrogen) atoms. The van der Waals surface area contributed by atoms with Gasteiger partial charge in [0.2, 0.25) is 0 Å².